The summed E-state index contributed by atoms with van der Waals surface area (Å²) in [6.07, 6.45) is 3.54. The smallest absolute Gasteiger partial charge is 0.0115 e. The van der Waals surface area contributed by atoms with Crippen molar-refractivity contribution in [1.82, 2.24) is 4.31 Å². The molecule has 1 rings (SSSR count). The van der Waals surface area contributed by atoms with Gasteiger partial charge in [0.15, 0.2) is 0 Å². The summed E-state index contributed by atoms with van der Waals surface area (Å²) in [6, 6.07) is 0. The fraction of sp³-hybridized carbons (Fsp3) is 1.00. The molecule has 10 heavy (non-hydrogen) atoms. The second-order valence-corrected chi connectivity index (χ2v) is 3.35. The van der Waals surface area contributed by atoms with Crippen molar-refractivity contribution in [3.63, 3.8) is 0 Å². The summed E-state index contributed by atoms with van der Waals surface area (Å²) in [5, 5.41) is 0. The molecule has 0 aromatic heterocycles. The third-order valence-electron chi connectivity index (χ3n) is 1.64. The summed E-state index contributed by atoms with van der Waals surface area (Å²) in [5.74, 6) is 0.933. The normalized spacial score (nSPS) is 25.8. The molecule has 62 valence electrons. The van der Waals surface area contributed by atoms with Gasteiger partial charge in [-0.2, -0.15) is 0 Å². The van der Waals surface area contributed by atoms with Crippen LogP contribution in [0.2, 0.25) is 0 Å². The molecular formula is C8H19NS. The SMILES string of the molecule is CC.CSN1CCC(C)C1. The van der Waals surface area contributed by atoms with E-state index in [1.165, 1.54) is 19.5 Å². The van der Waals surface area contributed by atoms with Crippen LogP contribution >= 0.6 is 11.9 Å². The largest absolute Gasteiger partial charge is 0.251 e. The van der Waals surface area contributed by atoms with Gasteiger partial charge >= 0.3 is 0 Å². The van der Waals surface area contributed by atoms with E-state index in [1.807, 2.05) is 25.8 Å². The van der Waals surface area contributed by atoms with Gasteiger partial charge in [-0.15, -0.1) is 0 Å². The second kappa shape index (κ2) is 6.05. The van der Waals surface area contributed by atoms with E-state index < -0.39 is 0 Å². The van der Waals surface area contributed by atoms with Gasteiger partial charge in [-0.25, -0.2) is 0 Å². The van der Waals surface area contributed by atoms with Crippen molar-refractivity contribution >= 4 is 11.9 Å². The first-order valence-electron chi connectivity index (χ1n) is 4.12. The number of hydrogen-bond acceptors (Lipinski definition) is 2. The zero-order valence-electron chi connectivity index (χ0n) is 7.55. The van der Waals surface area contributed by atoms with Gasteiger partial charge < -0.3 is 0 Å². The minimum atomic E-state index is 0.933. The highest BCUT2D eigenvalue weighted by molar-refractivity contribution is 7.96. The topological polar surface area (TPSA) is 3.24 Å². The number of rotatable bonds is 1. The molecule has 1 aliphatic heterocycles. The van der Waals surface area contributed by atoms with Gasteiger partial charge in [-0.1, -0.05) is 32.7 Å². The number of nitrogens with zero attached hydrogens (tertiary/aromatic N) is 1. The molecule has 1 nitrogen and oxygen atoms in total. The summed E-state index contributed by atoms with van der Waals surface area (Å²) in [6.45, 7) is 8.90. The summed E-state index contributed by atoms with van der Waals surface area (Å²) < 4.78 is 2.42. The maximum absolute atomic E-state index is 2.42. The van der Waals surface area contributed by atoms with Crippen LogP contribution in [0.1, 0.15) is 27.2 Å². The molecule has 1 unspecified atom stereocenters. The predicted octanol–water partition coefficient (Wildman–Crippen LogP) is 2.63. The Labute approximate surface area is 69.3 Å². The van der Waals surface area contributed by atoms with E-state index in [0.29, 0.717) is 0 Å². The van der Waals surface area contributed by atoms with Gasteiger partial charge in [-0.05, 0) is 18.6 Å². The fourth-order valence-corrected chi connectivity index (χ4v) is 1.75. The third kappa shape index (κ3) is 3.47. The lowest BCUT2D eigenvalue weighted by Crippen LogP contribution is -2.09. The van der Waals surface area contributed by atoms with Crippen molar-refractivity contribution in [1.29, 1.82) is 0 Å². The van der Waals surface area contributed by atoms with E-state index in [1.54, 1.807) is 0 Å². The van der Waals surface area contributed by atoms with Crippen molar-refractivity contribution in [2.24, 2.45) is 5.92 Å². The van der Waals surface area contributed by atoms with E-state index in [4.69, 9.17) is 0 Å². The Morgan fingerprint density at radius 3 is 2.20 bits per heavy atom. The van der Waals surface area contributed by atoms with Gasteiger partial charge in [0.2, 0.25) is 0 Å². The first-order valence-corrected chi connectivity index (χ1v) is 5.30. The molecule has 0 aromatic rings. The first-order chi connectivity index (χ1) is 4.83. The Hall–Kier alpha value is 0.310. The standard InChI is InChI=1S/C6H13NS.C2H6/c1-6-3-4-7(5-6)8-2;1-2/h6H,3-5H2,1-2H3;1-2H3. The minimum Gasteiger partial charge on any atom is -0.251 e. The van der Waals surface area contributed by atoms with E-state index >= 15 is 0 Å². The predicted molar refractivity (Wildman–Crippen MR) is 50.2 cm³/mol. The maximum Gasteiger partial charge on any atom is 0.0115 e. The average molecular weight is 161 g/mol. The Morgan fingerprint density at radius 2 is 2.00 bits per heavy atom. The molecule has 1 fully saturated rings. The molecule has 0 amide bonds. The van der Waals surface area contributed by atoms with E-state index in [-0.39, 0.29) is 0 Å². The molecule has 0 aliphatic carbocycles. The van der Waals surface area contributed by atoms with Crippen molar-refractivity contribution in [3.05, 3.63) is 0 Å². The van der Waals surface area contributed by atoms with Crippen LogP contribution in [-0.4, -0.2) is 23.7 Å². The van der Waals surface area contributed by atoms with Gasteiger partial charge in [0.05, 0.1) is 0 Å². The van der Waals surface area contributed by atoms with Crippen LogP contribution in [-0.2, 0) is 0 Å². The highest BCUT2D eigenvalue weighted by Gasteiger charge is 2.16. The summed E-state index contributed by atoms with van der Waals surface area (Å²) in [7, 11) is 0. The molecule has 0 bridgehead atoms. The lowest BCUT2D eigenvalue weighted by Gasteiger charge is -2.08. The van der Waals surface area contributed by atoms with Crippen molar-refractivity contribution < 1.29 is 0 Å². The second-order valence-electron chi connectivity index (χ2n) is 2.46. The highest BCUT2D eigenvalue weighted by atomic mass is 32.2. The molecule has 0 N–H and O–H groups in total. The summed E-state index contributed by atoms with van der Waals surface area (Å²) in [4.78, 5) is 0. The minimum absolute atomic E-state index is 0.933. The van der Waals surface area contributed by atoms with Crippen LogP contribution in [0.3, 0.4) is 0 Å². The van der Waals surface area contributed by atoms with Gasteiger partial charge in [0.1, 0.15) is 0 Å². The molecule has 1 heterocycles. The molecule has 0 radical (unpaired) electrons. The Kier molecular flexibility index (Phi) is 6.24. The molecule has 0 aromatic carbocycles. The summed E-state index contributed by atoms with van der Waals surface area (Å²) >= 11 is 1.87. The fourth-order valence-electron chi connectivity index (χ4n) is 1.06. The number of hydrogen-bond donors (Lipinski definition) is 0. The average Bonchev–Trinajstić information content (AvgIpc) is 2.40. The quantitative estimate of drug-likeness (QED) is 0.544. The highest BCUT2D eigenvalue weighted by Crippen LogP contribution is 2.19. The van der Waals surface area contributed by atoms with Gasteiger partial charge in [0, 0.05) is 13.1 Å². The molecule has 1 aliphatic rings. The molecule has 0 saturated carbocycles. The zero-order valence-corrected chi connectivity index (χ0v) is 8.37. The van der Waals surface area contributed by atoms with Crippen LogP contribution in [0, 0.1) is 5.92 Å². The van der Waals surface area contributed by atoms with Crippen LogP contribution in [0.25, 0.3) is 0 Å². The Bertz CT molecular complexity index is 75.7. The zero-order chi connectivity index (χ0) is 7.98. The van der Waals surface area contributed by atoms with Crippen molar-refractivity contribution in [2.45, 2.75) is 27.2 Å². The molecule has 2 heteroatoms. The monoisotopic (exact) mass is 161 g/mol. The van der Waals surface area contributed by atoms with Crippen LogP contribution < -0.4 is 0 Å². The summed E-state index contributed by atoms with van der Waals surface area (Å²) in [5.41, 5.74) is 0. The molecule has 1 atom stereocenters. The third-order valence-corrected chi connectivity index (χ3v) is 2.49. The van der Waals surface area contributed by atoms with Crippen molar-refractivity contribution in [3.8, 4) is 0 Å². The van der Waals surface area contributed by atoms with E-state index in [9.17, 15) is 0 Å². The lowest BCUT2D eigenvalue weighted by molar-refractivity contribution is 0.551. The molecule has 0 spiro atoms. The molecular weight excluding hydrogens is 142 g/mol. The van der Waals surface area contributed by atoms with Crippen LogP contribution in [0.4, 0.5) is 0 Å². The van der Waals surface area contributed by atoms with E-state index in [2.05, 4.69) is 17.5 Å². The van der Waals surface area contributed by atoms with Crippen molar-refractivity contribution in [2.75, 3.05) is 19.3 Å². The van der Waals surface area contributed by atoms with Crippen LogP contribution in [0.5, 0.6) is 0 Å². The van der Waals surface area contributed by atoms with Gasteiger partial charge in [-0.3, -0.25) is 4.31 Å². The molecule has 1 saturated heterocycles. The van der Waals surface area contributed by atoms with Gasteiger partial charge in [0.25, 0.3) is 0 Å². The Morgan fingerprint density at radius 1 is 1.40 bits per heavy atom. The van der Waals surface area contributed by atoms with Crippen LogP contribution in [0.15, 0.2) is 0 Å². The maximum atomic E-state index is 2.42. The lowest BCUT2D eigenvalue weighted by atomic mass is 10.2. The Balaban J connectivity index is 0.000000371. The first kappa shape index (κ1) is 10.3. The van der Waals surface area contributed by atoms with E-state index in [0.717, 1.165) is 5.92 Å².